The molecule has 4 heteroatoms. The number of nitrogens with zero attached hydrogens (tertiary/aromatic N) is 2. The van der Waals surface area contributed by atoms with E-state index in [1.54, 1.807) is 0 Å². The molecule has 4 nitrogen and oxygen atoms in total. The molecule has 1 aliphatic rings. The van der Waals surface area contributed by atoms with Gasteiger partial charge in [0.2, 0.25) is 5.89 Å². The Balaban J connectivity index is 2.07. The Hall–Kier alpha value is -0.900. The molecular formula is C10H17N3O. The van der Waals surface area contributed by atoms with E-state index >= 15 is 0 Å². The molecule has 2 N–H and O–H groups in total. The zero-order chi connectivity index (χ0) is 9.97. The number of hydrogen-bond acceptors (Lipinski definition) is 4. The second-order valence-electron chi connectivity index (χ2n) is 4.11. The van der Waals surface area contributed by atoms with Crippen LogP contribution in [0.25, 0.3) is 0 Å². The van der Waals surface area contributed by atoms with Gasteiger partial charge in [-0.15, -0.1) is 0 Å². The first-order valence-electron chi connectivity index (χ1n) is 5.36. The molecule has 1 atom stereocenters. The van der Waals surface area contributed by atoms with Gasteiger partial charge in [0.15, 0.2) is 5.82 Å². The monoisotopic (exact) mass is 195 g/mol. The van der Waals surface area contributed by atoms with Gasteiger partial charge in [-0.05, 0) is 19.8 Å². The summed E-state index contributed by atoms with van der Waals surface area (Å²) in [6, 6.07) is -0.153. The van der Waals surface area contributed by atoms with Crippen molar-refractivity contribution in [2.24, 2.45) is 5.73 Å². The zero-order valence-electron chi connectivity index (χ0n) is 8.57. The summed E-state index contributed by atoms with van der Waals surface area (Å²) >= 11 is 0. The summed E-state index contributed by atoms with van der Waals surface area (Å²) in [5.74, 6) is 1.92. The highest BCUT2D eigenvalue weighted by Crippen LogP contribution is 2.31. The molecule has 0 unspecified atom stereocenters. The van der Waals surface area contributed by atoms with Crippen molar-refractivity contribution in [1.82, 2.24) is 10.1 Å². The molecule has 0 amide bonds. The zero-order valence-corrected chi connectivity index (χ0v) is 8.57. The minimum atomic E-state index is -0.153. The third kappa shape index (κ3) is 1.95. The highest BCUT2D eigenvalue weighted by molar-refractivity contribution is 4.98. The van der Waals surface area contributed by atoms with Gasteiger partial charge in [0.25, 0.3) is 0 Å². The van der Waals surface area contributed by atoms with E-state index in [0.29, 0.717) is 11.8 Å². The van der Waals surface area contributed by atoms with E-state index < -0.39 is 0 Å². The van der Waals surface area contributed by atoms with Gasteiger partial charge in [0.1, 0.15) is 0 Å². The Kier molecular flexibility index (Phi) is 2.82. The molecule has 1 saturated carbocycles. The average Bonchev–Trinajstić information content (AvgIpc) is 2.68. The molecule has 1 aromatic heterocycles. The van der Waals surface area contributed by atoms with Gasteiger partial charge in [-0.2, -0.15) is 4.98 Å². The average molecular weight is 195 g/mol. The Morgan fingerprint density at radius 2 is 2.07 bits per heavy atom. The first-order valence-corrected chi connectivity index (χ1v) is 5.36. The van der Waals surface area contributed by atoms with Gasteiger partial charge >= 0.3 is 0 Å². The molecule has 0 radical (unpaired) electrons. The van der Waals surface area contributed by atoms with E-state index in [1.807, 2.05) is 6.92 Å². The molecule has 1 aliphatic carbocycles. The molecule has 78 valence electrons. The molecule has 0 spiro atoms. The van der Waals surface area contributed by atoms with Crippen molar-refractivity contribution in [3.63, 3.8) is 0 Å². The van der Waals surface area contributed by atoms with Crippen LogP contribution in [0.15, 0.2) is 4.52 Å². The highest BCUT2D eigenvalue weighted by atomic mass is 16.5. The molecule has 0 saturated heterocycles. The van der Waals surface area contributed by atoms with Crippen LogP contribution in [0.2, 0.25) is 0 Å². The maximum Gasteiger partial charge on any atom is 0.243 e. The first kappa shape index (κ1) is 9.65. The van der Waals surface area contributed by atoms with Crippen molar-refractivity contribution in [2.45, 2.75) is 51.0 Å². The minimum absolute atomic E-state index is 0.153. The van der Waals surface area contributed by atoms with Crippen LogP contribution < -0.4 is 5.73 Å². The fourth-order valence-electron chi connectivity index (χ4n) is 1.96. The van der Waals surface area contributed by atoms with E-state index in [4.69, 9.17) is 10.3 Å². The van der Waals surface area contributed by atoms with Crippen molar-refractivity contribution < 1.29 is 4.52 Å². The molecule has 1 aromatic rings. The van der Waals surface area contributed by atoms with Crippen molar-refractivity contribution in [3.8, 4) is 0 Å². The van der Waals surface area contributed by atoms with E-state index in [1.165, 1.54) is 32.1 Å². The van der Waals surface area contributed by atoms with Crippen LogP contribution in [0.1, 0.15) is 62.7 Å². The lowest BCUT2D eigenvalue weighted by atomic mass is 9.89. The topological polar surface area (TPSA) is 64.9 Å². The van der Waals surface area contributed by atoms with E-state index in [0.717, 1.165) is 5.82 Å². The summed E-state index contributed by atoms with van der Waals surface area (Å²) < 4.78 is 5.09. The predicted octanol–water partition coefficient (Wildman–Crippen LogP) is 2.14. The Labute approximate surface area is 83.9 Å². The fourth-order valence-corrected chi connectivity index (χ4v) is 1.96. The van der Waals surface area contributed by atoms with Gasteiger partial charge in [0, 0.05) is 5.92 Å². The molecule has 0 aromatic carbocycles. The van der Waals surface area contributed by atoms with Crippen molar-refractivity contribution >= 4 is 0 Å². The number of aromatic nitrogens is 2. The van der Waals surface area contributed by atoms with E-state index in [2.05, 4.69) is 10.1 Å². The predicted molar refractivity (Wildman–Crippen MR) is 52.7 cm³/mol. The minimum Gasteiger partial charge on any atom is -0.338 e. The SMILES string of the molecule is C[C@@H](N)c1nc(C2CCCCC2)no1. The highest BCUT2D eigenvalue weighted by Gasteiger charge is 2.21. The number of rotatable bonds is 2. The number of hydrogen-bond donors (Lipinski definition) is 1. The Morgan fingerprint density at radius 3 is 2.64 bits per heavy atom. The second-order valence-corrected chi connectivity index (χ2v) is 4.11. The summed E-state index contributed by atoms with van der Waals surface area (Å²) in [6.45, 7) is 1.86. The lowest BCUT2D eigenvalue weighted by Gasteiger charge is -2.17. The summed E-state index contributed by atoms with van der Waals surface area (Å²) in [6.07, 6.45) is 6.30. The normalized spacial score (nSPS) is 21.0. The molecule has 1 fully saturated rings. The fraction of sp³-hybridized carbons (Fsp3) is 0.800. The van der Waals surface area contributed by atoms with Crippen molar-refractivity contribution in [2.75, 3.05) is 0 Å². The maximum atomic E-state index is 5.66. The molecule has 0 bridgehead atoms. The van der Waals surface area contributed by atoms with Gasteiger partial charge in [-0.25, -0.2) is 0 Å². The second kappa shape index (κ2) is 4.09. The van der Waals surface area contributed by atoms with Crippen molar-refractivity contribution in [1.29, 1.82) is 0 Å². The smallest absolute Gasteiger partial charge is 0.243 e. The standard InChI is InChI=1S/C10H17N3O/c1-7(11)10-12-9(13-14-10)8-5-3-2-4-6-8/h7-8H,2-6,11H2,1H3/t7-/m1/s1. The molecule has 0 aliphatic heterocycles. The number of nitrogens with two attached hydrogens (primary N) is 1. The van der Waals surface area contributed by atoms with Gasteiger partial charge in [-0.1, -0.05) is 24.4 Å². The van der Waals surface area contributed by atoms with E-state index in [9.17, 15) is 0 Å². The molecule has 1 heterocycles. The lowest BCUT2D eigenvalue weighted by molar-refractivity contribution is 0.346. The molecular weight excluding hydrogens is 178 g/mol. The third-order valence-electron chi connectivity index (χ3n) is 2.82. The van der Waals surface area contributed by atoms with Gasteiger partial charge < -0.3 is 10.3 Å². The Morgan fingerprint density at radius 1 is 1.36 bits per heavy atom. The first-order chi connectivity index (χ1) is 6.77. The molecule has 14 heavy (non-hydrogen) atoms. The van der Waals surface area contributed by atoms with Gasteiger partial charge in [0.05, 0.1) is 6.04 Å². The Bertz CT molecular complexity index is 289. The van der Waals surface area contributed by atoms with Crippen LogP contribution in [0.3, 0.4) is 0 Å². The van der Waals surface area contributed by atoms with Gasteiger partial charge in [-0.3, -0.25) is 0 Å². The van der Waals surface area contributed by atoms with Crippen LogP contribution >= 0.6 is 0 Å². The van der Waals surface area contributed by atoms with Crippen LogP contribution in [-0.4, -0.2) is 10.1 Å². The van der Waals surface area contributed by atoms with Crippen LogP contribution in [0, 0.1) is 0 Å². The summed E-state index contributed by atoms with van der Waals surface area (Å²) in [4.78, 5) is 4.33. The van der Waals surface area contributed by atoms with Crippen LogP contribution in [-0.2, 0) is 0 Å². The molecule has 2 rings (SSSR count). The van der Waals surface area contributed by atoms with Crippen molar-refractivity contribution in [3.05, 3.63) is 11.7 Å². The summed E-state index contributed by atoms with van der Waals surface area (Å²) in [5, 5.41) is 4.00. The van der Waals surface area contributed by atoms with E-state index in [-0.39, 0.29) is 6.04 Å². The third-order valence-corrected chi connectivity index (χ3v) is 2.82. The largest absolute Gasteiger partial charge is 0.338 e. The maximum absolute atomic E-state index is 5.66. The van der Waals surface area contributed by atoms with Crippen LogP contribution in [0.5, 0.6) is 0 Å². The quantitative estimate of drug-likeness (QED) is 0.785. The summed E-state index contributed by atoms with van der Waals surface area (Å²) in [5.41, 5.74) is 5.66. The van der Waals surface area contributed by atoms with Crippen LogP contribution in [0.4, 0.5) is 0 Å². The lowest BCUT2D eigenvalue weighted by Crippen LogP contribution is -2.08. The summed E-state index contributed by atoms with van der Waals surface area (Å²) in [7, 11) is 0.